The highest BCUT2D eigenvalue weighted by atomic mass is 35.5. The first kappa shape index (κ1) is 12.4. The van der Waals surface area contributed by atoms with Crippen LogP contribution in [0.5, 0.6) is 5.75 Å². The zero-order valence-corrected chi connectivity index (χ0v) is 10.6. The Labute approximate surface area is 110 Å². The molecule has 0 unspecified atom stereocenters. The number of aromatic nitrogens is 2. The quantitative estimate of drug-likeness (QED) is 0.654. The first-order valence-corrected chi connectivity index (χ1v) is 5.67. The molecule has 5 nitrogen and oxygen atoms in total. The molecule has 1 aromatic heterocycles. The Kier molecular flexibility index (Phi) is 3.53. The van der Waals surface area contributed by atoms with Gasteiger partial charge in [0.25, 0.3) is 0 Å². The summed E-state index contributed by atoms with van der Waals surface area (Å²) >= 11 is 5.80. The number of nitrogens with one attached hydrogen (secondary N) is 1. The number of halogens is 1. The fraction of sp³-hybridized carbons (Fsp3) is 0.167. The lowest BCUT2D eigenvalue weighted by atomic mass is 10.1. The molecule has 94 valence electrons. The van der Waals surface area contributed by atoms with Crippen LogP contribution in [0.3, 0.4) is 0 Å². The molecule has 18 heavy (non-hydrogen) atoms. The Morgan fingerprint density at radius 1 is 1.56 bits per heavy atom. The van der Waals surface area contributed by atoms with E-state index in [4.69, 9.17) is 27.5 Å². The van der Waals surface area contributed by atoms with Crippen molar-refractivity contribution in [2.75, 3.05) is 7.11 Å². The molecule has 0 aliphatic heterocycles. The van der Waals surface area contributed by atoms with Crippen LogP contribution in [0.1, 0.15) is 11.1 Å². The standard InChI is InChI=1S/C12H13ClN4O/c1-18-11-4-8(2-3-10(11)12(14)15)6-17-7-9(13)5-16-17/h2-5,7H,6H2,1H3,(H3,14,15). The minimum atomic E-state index is -0.0134. The molecule has 0 amide bonds. The van der Waals surface area contributed by atoms with Crippen molar-refractivity contribution in [2.24, 2.45) is 5.73 Å². The first-order chi connectivity index (χ1) is 8.60. The summed E-state index contributed by atoms with van der Waals surface area (Å²) in [6, 6.07) is 5.49. The SMILES string of the molecule is COc1cc(Cn2cc(Cl)cn2)ccc1C(=N)N. The molecule has 0 bridgehead atoms. The van der Waals surface area contributed by atoms with Crippen LogP contribution in [0, 0.1) is 5.41 Å². The van der Waals surface area contributed by atoms with Crippen LogP contribution in [0.4, 0.5) is 0 Å². The first-order valence-electron chi connectivity index (χ1n) is 5.29. The highest BCUT2D eigenvalue weighted by Gasteiger charge is 2.07. The van der Waals surface area contributed by atoms with Gasteiger partial charge in [-0.05, 0) is 17.7 Å². The molecule has 0 saturated heterocycles. The lowest BCUT2D eigenvalue weighted by Crippen LogP contribution is -2.13. The highest BCUT2D eigenvalue weighted by molar-refractivity contribution is 6.30. The summed E-state index contributed by atoms with van der Waals surface area (Å²) in [6.07, 6.45) is 3.33. The van der Waals surface area contributed by atoms with Gasteiger partial charge in [-0.25, -0.2) is 0 Å². The van der Waals surface area contributed by atoms with E-state index in [2.05, 4.69) is 5.10 Å². The molecule has 0 radical (unpaired) electrons. The molecule has 0 aliphatic rings. The average Bonchev–Trinajstić information content (AvgIpc) is 2.74. The van der Waals surface area contributed by atoms with Crippen LogP contribution in [0.25, 0.3) is 0 Å². The smallest absolute Gasteiger partial charge is 0.130 e. The zero-order chi connectivity index (χ0) is 13.1. The maximum absolute atomic E-state index is 7.44. The predicted octanol–water partition coefficient (Wildman–Crippen LogP) is 1.88. The summed E-state index contributed by atoms with van der Waals surface area (Å²) < 4.78 is 6.94. The summed E-state index contributed by atoms with van der Waals surface area (Å²) in [4.78, 5) is 0. The van der Waals surface area contributed by atoms with E-state index in [0.717, 1.165) is 5.56 Å². The van der Waals surface area contributed by atoms with Crippen molar-refractivity contribution in [1.29, 1.82) is 5.41 Å². The van der Waals surface area contributed by atoms with Gasteiger partial charge in [0.1, 0.15) is 11.6 Å². The van der Waals surface area contributed by atoms with Crippen molar-refractivity contribution >= 4 is 17.4 Å². The van der Waals surface area contributed by atoms with Crippen molar-refractivity contribution < 1.29 is 4.74 Å². The molecule has 2 rings (SSSR count). The molecule has 2 aromatic rings. The molecule has 3 N–H and O–H groups in total. The Balaban J connectivity index is 2.27. The number of rotatable bonds is 4. The van der Waals surface area contributed by atoms with Crippen LogP contribution < -0.4 is 10.5 Å². The van der Waals surface area contributed by atoms with E-state index >= 15 is 0 Å². The van der Waals surface area contributed by atoms with Gasteiger partial charge in [0.2, 0.25) is 0 Å². The molecule has 1 heterocycles. The van der Waals surface area contributed by atoms with E-state index in [0.29, 0.717) is 22.9 Å². The summed E-state index contributed by atoms with van der Waals surface area (Å²) in [5.74, 6) is 0.568. The molecular weight excluding hydrogens is 252 g/mol. The van der Waals surface area contributed by atoms with Crippen LogP contribution in [-0.4, -0.2) is 22.7 Å². The topological polar surface area (TPSA) is 76.9 Å². The summed E-state index contributed by atoms with van der Waals surface area (Å²) in [5, 5.41) is 12.1. The van der Waals surface area contributed by atoms with Crippen LogP contribution in [0.15, 0.2) is 30.6 Å². The molecule has 1 aromatic carbocycles. The molecular formula is C12H13ClN4O. The fourth-order valence-electron chi connectivity index (χ4n) is 1.67. The highest BCUT2D eigenvalue weighted by Crippen LogP contribution is 2.20. The minimum Gasteiger partial charge on any atom is -0.496 e. The van der Waals surface area contributed by atoms with Crippen molar-refractivity contribution in [1.82, 2.24) is 9.78 Å². The van der Waals surface area contributed by atoms with Crippen molar-refractivity contribution in [3.05, 3.63) is 46.7 Å². The minimum absolute atomic E-state index is 0.0134. The van der Waals surface area contributed by atoms with Crippen molar-refractivity contribution in [3.8, 4) is 5.75 Å². The molecule has 0 fully saturated rings. The van der Waals surface area contributed by atoms with E-state index in [-0.39, 0.29) is 5.84 Å². The molecule has 0 saturated carbocycles. The molecule has 0 spiro atoms. The van der Waals surface area contributed by atoms with Crippen LogP contribution >= 0.6 is 11.6 Å². The van der Waals surface area contributed by atoms with Gasteiger partial charge in [-0.2, -0.15) is 5.10 Å². The summed E-state index contributed by atoms with van der Waals surface area (Å²) in [6.45, 7) is 0.585. The van der Waals surface area contributed by atoms with E-state index in [1.54, 1.807) is 30.3 Å². The number of ether oxygens (including phenoxy) is 1. The van der Waals surface area contributed by atoms with Gasteiger partial charge >= 0.3 is 0 Å². The van der Waals surface area contributed by atoms with E-state index in [1.807, 2.05) is 12.1 Å². The normalized spacial score (nSPS) is 10.3. The number of nitrogens with zero attached hydrogens (tertiary/aromatic N) is 2. The van der Waals surface area contributed by atoms with Crippen LogP contribution in [-0.2, 0) is 6.54 Å². The number of nitrogen functional groups attached to an aromatic ring is 1. The lowest BCUT2D eigenvalue weighted by molar-refractivity contribution is 0.413. The Morgan fingerprint density at radius 2 is 2.33 bits per heavy atom. The second-order valence-electron chi connectivity index (χ2n) is 3.80. The summed E-state index contributed by atoms with van der Waals surface area (Å²) in [7, 11) is 1.55. The Hall–Kier alpha value is -2.01. The van der Waals surface area contributed by atoms with Crippen molar-refractivity contribution in [2.45, 2.75) is 6.54 Å². The molecule has 0 atom stereocenters. The maximum Gasteiger partial charge on any atom is 0.130 e. The second kappa shape index (κ2) is 5.10. The van der Waals surface area contributed by atoms with Gasteiger partial charge in [-0.15, -0.1) is 0 Å². The van der Waals surface area contributed by atoms with E-state index in [1.165, 1.54) is 0 Å². The third kappa shape index (κ3) is 2.62. The largest absolute Gasteiger partial charge is 0.496 e. The lowest BCUT2D eigenvalue weighted by Gasteiger charge is -2.09. The van der Waals surface area contributed by atoms with Crippen LogP contribution in [0.2, 0.25) is 5.02 Å². The number of amidine groups is 1. The Morgan fingerprint density at radius 3 is 2.89 bits per heavy atom. The van der Waals surface area contributed by atoms with Gasteiger partial charge in [0.15, 0.2) is 0 Å². The zero-order valence-electron chi connectivity index (χ0n) is 9.85. The van der Waals surface area contributed by atoms with E-state index in [9.17, 15) is 0 Å². The third-order valence-electron chi connectivity index (χ3n) is 2.50. The third-order valence-corrected chi connectivity index (χ3v) is 2.70. The van der Waals surface area contributed by atoms with Gasteiger partial charge < -0.3 is 10.5 Å². The van der Waals surface area contributed by atoms with Gasteiger partial charge in [0, 0.05) is 6.20 Å². The number of hydrogen-bond donors (Lipinski definition) is 2. The number of hydrogen-bond acceptors (Lipinski definition) is 3. The predicted molar refractivity (Wildman–Crippen MR) is 70.3 cm³/mol. The average molecular weight is 265 g/mol. The van der Waals surface area contributed by atoms with Gasteiger partial charge in [-0.1, -0.05) is 17.7 Å². The number of methoxy groups -OCH3 is 1. The second-order valence-corrected chi connectivity index (χ2v) is 4.24. The monoisotopic (exact) mass is 264 g/mol. The number of nitrogens with two attached hydrogens (primary N) is 1. The fourth-order valence-corrected chi connectivity index (χ4v) is 1.82. The molecule has 6 heteroatoms. The summed E-state index contributed by atoms with van der Waals surface area (Å²) in [5.41, 5.74) is 7.04. The van der Waals surface area contributed by atoms with Gasteiger partial charge in [0.05, 0.1) is 30.4 Å². The maximum atomic E-state index is 7.44. The molecule has 0 aliphatic carbocycles. The Bertz CT molecular complexity index is 579. The van der Waals surface area contributed by atoms with Gasteiger partial charge in [-0.3, -0.25) is 10.1 Å². The van der Waals surface area contributed by atoms with Crippen molar-refractivity contribution in [3.63, 3.8) is 0 Å². The van der Waals surface area contributed by atoms with E-state index < -0.39 is 0 Å². The number of benzene rings is 1.